The van der Waals surface area contributed by atoms with E-state index in [-0.39, 0.29) is 36.2 Å². The van der Waals surface area contributed by atoms with E-state index >= 15 is 0 Å². The standard InChI is InChI=1S/C15H27NO3/c1-9(2)12(8-13(17)19-5)15(18)16-14(10(3)4)11-6-7-11/h9-12,14H,6-8H2,1-5H3,(H,16,18)/t12-,14+/m0/s1. The maximum absolute atomic E-state index is 12.4. The van der Waals surface area contributed by atoms with Crippen LogP contribution in [0, 0.1) is 23.7 Å². The molecule has 0 bridgehead atoms. The summed E-state index contributed by atoms with van der Waals surface area (Å²) in [6.07, 6.45) is 2.56. The van der Waals surface area contributed by atoms with E-state index in [0.717, 1.165) is 0 Å². The van der Waals surface area contributed by atoms with Crippen LogP contribution in [0.1, 0.15) is 47.0 Å². The maximum Gasteiger partial charge on any atom is 0.306 e. The third-order valence-electron chi connectivity index (χ3n) is 3.91. The van der Waals surface area contributed by atoms with Gasteiger partial charge in [-0.05, 0) is 30.6 Å². The van der Waals surface area contributed by atoms with E-state index in [0.29, 0.717) is 11.8 Å². The molecule has 0 radical (unpaired) electrons. The van der Waals surface area contributed by atoms with Gasteiger partial charge in [-0.15, -0.1) is 0 Å². The minimum atomic E-state index is -0.318. The maximum atomic E-state index is 12.4. The van der Waals surface area contributed by atoms with Gasteiger partial charge in [-0.1, -0.05) is 27.7 Å². The van der Waals surface area contributed by atoms with E-state index in [1.54, 1.807) is 0 Å². The van der Waals surface area contributed by atoms with Crippen LogP contribution in [0.15, 0.2) is 0 Å². The molecule has 1 amide bonds. The molecule has 0 heterocycles. The molecule has 1 rings (SSSR count). The highest BCUT2D eigenvalue weighted by atomic mass is 16.5. The first-order chi connectivity index (χ1) is 8.86. The highest BCUT2D eigenvalue weighted by Gasteiger charge is 2.36. The van der Waals surface area contributed by atoms with E-state index in [1.165, 1.54) is 20.0 Å². The number of carbonyl (C=O) groups is 2. The Morgan fingerprint density at radius 1 is 1.16 bits per heavy atom. The largest absolute Gasteiger partial charge is 0.469 e. The van der Waals surface area contributed by atoms with Crippen molar-refractivity contribution < 1.29 is 14.3 Å². The van der Waals surface area contributed by atoms with Crippen molar-refractivity contribution in [3.63, 3.8) is 0 Å². The van der Waals surface area contributed by atoms with Gasteiger partial charge in [-0.25, -0.2) is 0 Å². The predicted molar refractivity (Wildman–Crippen MR) is 74.5 cm³/mol. The molecule has 1 N–H and O–H groups in total. The summed E-state index contributed by atoms with van der Waals surface area (Å²) in [6, 6.07) is 0.242. The van der Waals surface area contributed by atoms with Crippen molar-refractivity contribution in [2.24, 2.45) is 23.7 Å². The summed E-state index contributed by atoms with van der Waals surface area (Å²) in [5, 5.41) is 3.14. The van der Waals surface area contributed by atoms with Gasteiger partial charge in [0.05, 0.1) is 19.4 Å². The molecule has 19 heavy (non-hydrogen) atoms. The van der Waals surface area contributed by atoms with Crippen LogP contribution in [0.4, 0.5) is 0 Å². The highest BCUT2D eigenvalue weighted by Crippen LogP contribution is 2.36. The zero-order chi connectivity index (χ0) is 14.6. The first kappa shape index (κ1) is 16.0. The monoisotopic (exact) mass is 269 g/mol. The Bertz CT molecular complexity index is 319. The van der Waals surface area contributed by atoms with E-state index < -0.39 is 0 Å². The molecule has 4 heteroatoms. The second kappa shape index (κ2) is 6.92. The lowest BCUT2D eigenvalue weighted by molar-refractivity contribution is -0.145. The quantitative estimate of drug-likeness (QED) is 0.722. The molecule has 1 aliphatic rings. The lowest BCUT2D eigenvalue weighted by Crippen LogP contribution is -2.44. The first-order valence-corrected chi connectivity index (χ1v) is 7.24. The summed E-state index contributed by atoms with van der Waals surface area (Å²) in [6.45, 7) is 8.20. The molecule has 0 unspecified atom stereocenters. The number of ether oxygens (including phenoxy) is 1. The Kier molecular flexibility index (Phi) is 5.83. The van der Waals surface area contributed by atoms with Gasteiger partial charge in [0.25, 0.3) is 0 Å². The Morgan fingerprint density at radius 3 is 2.11 bits per heavy atom. The number of nitrogens with one attached hydrogen (secondary N) is 1. The normalized spacial score (nSPS) is 18.3. The molecule has 0 aromatic rings. The second-order valence-electron chi connectivity index (χ2n) is 6.25. The van der Waals surface area contributed by atoms with Gasteiger partial charge in [0.1, 0.15) is 0 Å². The fourth-order valence-corrected chi connectivity index (χ4v) is 2.45. The average molecular weight is 269 g/mol. The Balaban J connectivity index is 2.62. The fourth-order valence-electron chi connectivity index (χ4n) is 2.45. The number of methoxy groups -OCH3 is 1. The molecular weight excluding hydrogens is 242 g/mol. The van der Waals surface area contributed by atoms with Crippen molar-refractivity contribution >= 4 is 11.9 Å². The van der Waals surface area contributed by atoms with Crippen LogP contribution in [-0.2, 0) is 14.3 Å². The zero-order valence-corrected chi connectivity index (χ0v) is 12.7. The van der Waals surface area contributed by atoms with Crippen molar-refractivity contribution in [3.8, 4) is 0 Å². The van der Waals surface area contributed by atoms with Crippen molar-refractivity contribution in [1.82, 2.24) is 5.32 Å². The van der Waals surface area contributed by atoms with Crippen molar-refractivity contribution in [2.45, 2.75) is 53.0 Å². The lowest BCUT2D eigenvalue weighted by Gasteiger charge is -2.26. The molecule has 0 spiro atoms. The summed E-state index contributed by atoms with van der Waals surface area (Å²) in [5.74, 6) is 0.559. The van der Waals surface area contributed by atoms with Crippen molar-refractivity contribution in [2.75, 3.05) is 7.11 Å². The summed E-state index contributed by atoms with van der Waals surface area (Å²) in [4.78, 5) is 23.8. The molecule has 0 aromatic carbocycles. The number of hydrogen-bond acceptors (Lipinski definition) is 3. The molecule has 110 valence electrons. The second-order valence-corrected chi connectivity index (χ2v) is 6.25. The lowest BCUT2D eigenvalue weighted by atomic mass is 9.90. The Labute approximate surface area is 116 Å². The summed E-state index contributed by atoms with van der Waals surface area (Å²) < 4.78 is 4.67. The van der Waals surface area contributed by atoms with Gasteiger partial charge in [0, 0.05) is 6.04 Å². The molecule has 1 aliphatic carbocycles. The summed E-state index contributed by atoms with van der Waals surface area (Å²) in [7, 11) is 1.36. The van der Waals surface area contributed by atoms with Gasteiger partial charge in [-0.3, -0.25) is 9.59 Å². The van der Waals surface area contributed by atoms with Gasteiger partial charge < -0.3 is 10.1 Å². The molecule has 2 atom stereocenters. The van der Waals surface area contributed by atoms with Crippen LogP contribution in [0.25, 0.3) is 0 Å². The minimum absolute atomic E-state index is 0.00833. The van der Waals surface area contributed by atoms with Crippen LogP contribution in [0.2, 0.25) is 0 Å². The van der Waals surface area contributed by atoms with Crippen LogP contribution in [0.5, 0.6) is 0 Å². The number of amides is 1. The summed E-state index contributed by atoms with van der Waals surface area (Å²) >= 11 is 0. The average Bonchev–Trinajstić information content (AvgIpc) is 3.15. The van der Waals surface area contributed by atoms with Gasteiger partial charge >= 0.3 is 5.97 Å². The highest BCUT2D eigenvalue weighted by molar-refractivity contribution is 5.84. The van der Waals surface area contributed by atoms with Crippen molar-refractivity contribution in [3.05, 3.63) is 0 Å². The topological polar surface area (TPSA) is 55.4 Å². The number of rotatable bonds is 7. The first-order valence-electron chi connectivity index (χ1n) is 7.24. The van der Waals surface area contributed by atoms with Crippen molar-refractivity contribution in [1.29, 1.82) is 0 Å². The molecular formula is C15H27NO3. The van der Waals surface area contributed by atoms with Crippen LogP contribution >= 0.6 is 0 Å². The molecule has 1 fully saturated rings. The molecule has 0 aromatic heterocycles. The van der Waals surface area contributed by atoms with E-state index in [2.05, 4.69) is 23.9 Å². The van der Waals surface area contributed by atoms with Gasteiger partial charge in [-0.2, -0.15) is 0 Å². The number of carbonyl (C=O) groups excluding carboxylic acids is 2. The Hall–Kier alpha value is -1.06. The molecule has 1 saturated carbocycles. The molecule has 4 nitrogen and oxygen atoms in total. The predicted octanol–water partition coefficient (Wildman–Crippen LogP) is 2.37. The Morgan fingerprint density at radius 2 is 1.74 bits per heavy atom. The van der Waals surface area contributed by atoms with E-state index in [4.69, 9.17) is 0 Å². The van der Waals surface area contributed by atoms with Gasteiger partial charge in [0.2, 0.25) is 5.91 Å². The fraction of sp³-hybridized carbons (Fsp3) is 0.867. The van der Waals surface area contributed by atoms with Crippen LogP contribution in [0.3, 0.4) is 0 Å². The third-order valence-corrected chi connectivity index (χ3v) is 3.91. The van der Waals surface area contributed by atoms with Gasteiger partial charge in [0.15, 0.2) is 0 Å². The third kappa shape index (κ3) is 4.84. The summed E-state index contributed by atoms with van der Waals surface area (Å²) in [5.41, 5.74) is 0. The smallest absolute Gasteiger partial charge is 0.306 e. The number of hydrogen-bond donors (Lipinski definition) is 1. The van der Waals surface area contributed by atoms with E-state index in [9.17, 15) is 9.59 Å². The molecule has 0 saturated heterocycles. The van der Waals surface area contributed by atoms with Crippen LogP contribution in [-0.4, -0.2) is 25.0 Å². The van der Waals surface area contributed by atoms with E-state index in [1.807, 2.05) is 13.8 Å². The zero-order valence-electron chi connectivity index (χ0n) is 12.7. The SMILES string of the molecule is COC(=O)C[C@H](C(=O)N[C@H](C(C)C)C1CC1)C(C)C. The van der Waals surface area contributed by atoms with Crippen LogP contribution < -0.4 is 5.32 Å². The minimum Gasteiger partial charge on any atom is -0.469 e. The molecule has 0 aliphatic heterocycles. The number of esters is 1.